The molecule has 0 saturated heterocycles. The molecule has 1 atom stereocenters. The molecule has 2 rings (SSSR count). The molecule has 1 aromatic heterocycles. The van der Waals surface area contributed by atoms with Gasteiger partial charge in [0.2, 0.25) is 0 Å². The molecule has 0 saturated carbocycles. The van der Waals surface area contributed by atoms with Crippen LogP contribution >= 0.6 is 0 Å². The van der Waals surface area contributed by atoms with Gasteiger partial charge in [-0.15, -0.1) is 0 Å². The van der Waals surface area contributed by atoms with Gasteiger partial charge in [-0.3, -0.25) is 4.68 Å². The molecule has 1 aromatic carbocycles. The number of nitrogens with two attached hydrogens (primary N) is 1. The van der Waals surface area contributed by atoms with Gasteiger partial charge in [-0.25, -0.2) is 4.39 Å². The molecule has 0 spiro atoms. The van der Waals surface area contributed by atoms with Gasteiger partial charge in [0.1, 0.15) is 5.82 Å². The van der Waals surface area contributed by atoms with E-state index in [0.29, 0.717) is 12.0 Å². The summed E-state index contributed by atoms with van der Waals surface area (Å²) in [6.45, 7) is 2.73. The highest BCUT2D eigenvalue weighted by molar-refractivity contribution is 5.30. The molecular formula is C15H20FN3O. The first-order chi connectivity index (χ1) is 9.65. The second-order valence-corrected chi connectivity index (χ2v) is 5.00. The summed E-state index contributed by atoms with van der Waals surface area (Å²) >= 11 is 0. The molecule has 3 N–H and O–H groups in total. The zero-order valence-electron chi connectivity index (χ0n) is 11.6. The molecule has 0 aliphatic heterocycles. The van der Waals surface area contributed by atoms with Gasteiger partial charge >= 0.3 is 0 Å². The van der Waals surface area contributed by atoms with E-state index >= 15 is 0 Å². The molecule has 0 fully saturated rings. The molecule has 0 radical (unpaired) electrons. The van der Waals surface area contributed by atoms with E-state index in [0.717, 1.165) is 12.1 Å². The summed E-state index contributed by atoms with van der Waals surface area (Å²) in [7, 11) is 0. The Morgan fingerprint density at radius 1 is 1.40 bits per heavy atom. The van der Waals surface area contributed by atoms with E-state index in [1.807, 2.05) is 13.1 Å². The summed E-state index contributed by atoms with van der Waals surface area (Å²) in [5.41, 5.74) is 6.43. The summed E-state index contributed by atoms with van der Waals surface area (Å²) in [5, 5.41) is 14.0. The second-order valence-electron chi connectivity index (χ2n) is 5.00. The average molecular weight is 277 g/mol. The van der Waals surface area contributed by atoms with E-state index in [2.05, 4.69) is 5.10 Å². The van der Waals surface area contributed by atoms with Crippen LogP contribution in [0.5, 0.6) is 0 Å². The van der Waals surface area contributed by atoms with Crippen molar-refractivity contribution in [1.82, 2.24) is 9.78 Å². The van der Waals surface area contributed by atoms with Crippen LogP contribution in [0.1, 0.15) is 18.1 Å². The fourth-order valence-electron chi connectivity index (χ4n) is 2.44. The van der Waals surface area contributed by atoms with Gasteiger partial charge in [-0.2, -0.15) is 5.10 Å². The quantitative estimate of drug-likeness (QED) is 0.840. The molecule has 0 aliphatic carbocycles. The Morgan fingerprint density at radius 2 is 2.15 bits per heavy atom. The van der Waals surface area contributed by atoms with Crippen molar-refractivity contribution in [2.24, 2.45) is 5.73 Å². The largest absolute Gasteiger partial charge is 0.395 e. The molecule has 0 amide bonds. The number of hydrogen-bond donors (Lipinski definition) is 2. The van der Waals surface area contributed by atoms with Gasteiger partial charge in [0.25, 0.3) is 0 Å². The maximum Gasteiger partial charge on any atom is 0.127 e. The zero-order valence-corrected chi connectivity index (χ0v) is 11.6. The molecule has 1 heterocycles. The molecule has 5 heteroatoms. The molecule has 0 bridgehead atoms. The lowest BCUT2D eigenvalue weighted by Crippen LogP contribution is -2.41. The normalized spacial score (nSPS) is 14.2. The van der Waals surface area contributed by atoms with E-state index in [-0.39, 0.29) is 19.0 Å². The van der Waals surface area contributed by atoms with Crippen LogP contribution in [0.2, 0.25) is 0 Å². The van der Waals surface area contributed by atoms with Crippen LogP contribution in [0.15, 0.2) is 36.7 Å². The van der Waals surface area contributed by atoms with Crippen molar-refractivity contribution in [2.75, 3.05) is 13.2 Å². The van der Waals surface area contributed by atoms with Crippen LogP contribution in [0.3, 0.4) is 0 Å². The lowest BCUT2D eigenvalue weighted by Gasteiger charge is -2.31. The Labute approximate surface area is 118 Å². The number of rotatable bonds is 6. The van der Waals surface area contributed by atoms with Gasteiger partial charge in [0.15, 0.2) is 0 Å². The second kappa shape index (κ2) is 6.15. The number of halogens is 1. The van der Waals surface area contributed by atoms with E-state index in [4.69, 9.17) is 5.73 Å². The minimum atomic E-state index is -0.813. The monoisotopic (exact) mass is 277 g/mol. The molecular weight excluding hydrogens is 257 g/mol. The first-order valence-corrected chi connectivity index (χ1v) is 6.72. The standard InChI is InChI=1S/C15H20FN3O/c1-2-19-9-12(8-18-19)7-15(10-17,11-20)13-5-3-4-6-14(13)16/h3-6,8-9,20H,2,7,10-11,17H2,1H3. The van der Waals surface area contributed by atoms with Crippen LogP contribution in [-0.4, -0.2) is 28.0 Å². The number of benzene rings is 1. The minimum absolute atomic E-state index is 0.168. The van der Waals surface area contributed by atoms with Gasteiger partial charge in [0, 0.05) is 24.7 Å². The summed E-state index contributed by atoms with van der Waals surface area (Å²) < 4.78 is 15.8. The number of aliphatic hydroxyl groups excluding tert-OH is 1. The van der Waals surface area contributed by atoms with Crippen LogP contribution < -0.4 is 5.73 Å². The summed E-state index contributed by atoms with van der Waals surface area (Å²) in [4.78, 5) is 0. The van der Waals surface area contributed by atoms with Gasteiger partial charge in [-0.1, -0.05) is 18.2 Å². The van der Waals surface area contributed by atoms with Crippen molar-refractivity contribution >= 4 is 0 Å². The maximum absolute atomic E-state index is 14.0. The van der Waals surface area contributed by atoms with Crippen LogP contribution in [0, 0.1) is 5.82 Å². The molecule has 0 aliphatic rings. The number of hydrogen-bond acceptors (Lipinski definition) is 3. The SMILES string of the molecule is CCn1cc(CC(CN)(CO)c2ccccc2F)cn1. The van der Waals surface area contributed by atoms with Crippen molar-refractivity contribution in [3.05, 3.63) is 53.6 Å². The number of nitrogens with zero attached hydrogens (tertiary/aromatic N) is 2. The molecule has 4 nitrogen and oxygen atoms in total. The first kappa shape index (κ1) is 14.7. The number of aromatic nitrogens is 2. The zero-order chi connectivity index (χ0) is 14.6. The van der Waals surface area contributed by atoms with Crippen LogP contribution in [-0.2, 0) is 18.4 Å². The molecule has 2 aromatic rings. The van der Waals surface area contributed by atoms with E-state index in [1.54, 1.807) is 29.1 Å². The van der Waals surface area contributed by atoms with E-state index < -0.39 is 5.41 Å². The molecule has 108 valence electrons. The van der Waals surface area contributed by atoms with Gasteiger partial charge in [0.05, 0.1) is 12.8 Å². The summed E-state index contributed by atoms with van der Waals surface area (Å²) in [5.74, 6) is -0.338. The molecule has 20 heavy (non-hydrogen) atoms. The Balaban J connectivity index is 2.37. The third kappa shape index (κ3) is 2.73. The predicted octanol–water partition coefficient (Wildman–Crippen LogP) is 1.47. The predicted molar refractivity (Wildman–Crippen MR) is 75.8 cm³/mol. The molecule has 1 unspecified atom stereocenters. The summed E-state index contributed by atoms with van der Waals surface area (Å²) in [6, 6.07) is 6.47. The third-order valence-corrected chi connectivity index (χ3v) is 3.69. The lowest BCUT2D eigenvalue weighted by molar-refractivity contribution is 0.192. The highest BCUT2D eigenvalue weighted by Gasteiger charge is 2.33. The Bertz CT molecular complexity index is 564. The Kier molecular flexibility index (Phi) is 4.52. The topological polar surface area (TPSA) is 64.1 Å². The van der Waals surface area contributed by atoms with E-state index in [1.165, 1.54) is 6.07 Å². The maximum atomic E-state index is 14.0. The van der Waals surface area contributed by atoms with Gasteiger partial charge < -0.3 is 10.8 Å². The fraction of sp³-hybridized carbons (Fsp3) is 0.400. The van der Waals surface area contributed by atoms with Crippen molar-refractivity contribution in [3.8, 4) is 0 Å². The van der Waals surface area contributed by atoms with Crippen molar-refractivity contribution in [2.45, 2.75) is 25.3 Å². The first-order valence-electron chi connectivity index (χ1n) is 6.72. The summed E-state index contributed by atoms with van der Waals surface area (Å²) in [6.07, 6.45) is 4.10. The highest BCUT2D eigenvalue weighted by atomic mass is 19.1. The van der Waals surface area contributed by atoms with Crippen LogP contribution in [0.4, 0.5) is 4.39 Å². The average Bonchev–Trinajstić information content (AvgIpc) is 2.93. The van der Waals surface area contributed by atoms with E-state index in [9.17, 15) is 9.50 Å². The minimum Gasteiger partial charge on any atom is -0.395 e. The highest BCUT2D eigenvalue weighted by Crippen LogP contribution is 2.29. The van der Waals surface area contributed by atoms with Crippen LogP contribution in [0.25, 0.3) is 0 Å². The smallest absolute Gasteiger partial charge is 0.127 e. The van der Waals surface area contributed by atoms with Crippen molar-refractivity contribution in [1.29, 1.82) is 0 Å². The Hall–Kier alpha value is -1.72. The Morgan fingerprint density at radius 3 is 2.70 bits per heavy atom. The fourth-order valence-corrected chi connectivity index (χ4v) is 2.44. The number of aryl methyl sites for hydroxylation is 1. The van der Waals surface area contributed by atoms with Crippen molar-refractivity contribution in [3.63, 3.8) is 0 Å². The lowest BCUT2D eigenvalue weighted by atomic mass is 9.76. The third-order valence-electron chi connectivity index (χ3n) is 3.69. The van der Waals surface area contributed by atoms with Gasteiger partial charge in [-0.05, 0) is 30.5 Å². The van der Waals surface area contributed by atoms with Crippen molar-refractivity contribution < 1.29 is 9.50 Å². The number of aliphatic hydroxyl groups is 1.